The zero-order valence-electron chi connectivity index (χ0n) is 20.1. The lowest BCUT2D eigenvalue weighted by molar-refractivity contribution is -0.115. The lowest BCUT2D eigenvalue weighted by atomic mass is 9.98. The van der Waals surface area contributed by atoms with Crippen LogP contribution in [-0.2, 0) is 4.79 Å². The Hall–Kier alpha value is -3.88. The van der Waals surface area contributed by atoms with Crippen molar-refractivity contribution in [3.8, 4) is 28.5 Å². The van der Waals surface area contributed by atoms with Gasteiger partial charge in [0.1, 0.15) is 11.1 Å². The maximum atomic E-state index is 12.6. The molecule has 0 atom stereocenters. The van der Waals surface area contributed by atoms with E-state index in [1.165, 1.54) is 11.8 Å². The molecular weight excluding hydrogens is 450 g/mol. The molecule has 5 heteroatoms. The van der Waals surface area contributed by atoms with E-state index in [9.17, 15) is 10.1 Å². The molecule has 0 unspecified atom stereocenters. The molecule has 0 spiro atoms. The first kappa shape index (κ1) is 24.3. The van der Waals surface area contributed by atoms with Gasteiger partial charge < -0.3 is 5.32 Å². The zero-order valence-corrected chi connectivity index (χ0v) is 20.9. The standard InChI is InChI=1S/C30H27N3OS/c1-20-12-14-23(15-13-20)25-18-28(24-9-5-4-6-10-24)33-30(26(25)19-31)35-17-16-29(34)32-27-11-7-8-21(2)22(27)3/h4-15,18H,16-17H2,1-3H3,(H,32,34). The summed E-state index contributed by atoms with van der Waals surface area (Å²) in [5.74, 6) is 0.465. The number of nitrogens with one attached hydrogen (secondary N) is 1. The average molecular weight is 478 g/mol. The Morgan fingerprint density at radius 1 is 0.943 bits per heavy atom. The van der Waals surface area contributed by atoms with Crippen LogP contribution < -0.4 is 5.32 Å². The van der Waals surface area contributed by atoms with Gasteiger partial charge in [-0.3, -0.25) is 4.79 Å². The van der Waals surface area contributed by atoms with Crippen molar-refractivity contribution < 1.29 is 4.79 Å². The highest BCUT2D eigenvalue weighted by Crippen LogP contribution is 2.34. The number of aromatic nitrogens is 1. The number of amides is 1. The third-order valence-corrected chi connectivity index (χ3v) is 6.95. The van der Waals surface area contributed by atoms with Gasteiger partial charge in [-0.2, -0.15) is 5.26 Å². The molecule has 0 saturated carbocycles. The molecule has 0 bridgehead atoms. The number of thioether (sulfide) groups is 1. The van der Waals surface area contributed by atoms with Gasteiger partial charge in [0.25, 0.3) is 0 Å². The minimum Gasteiger partial charge on any atom is -0.326 e. The van der Waals surface area contributed by atoms with Crippen molar-refractivity contribution in [3.63, 3.8) is 0 Å². The number of nitrogens with zero attached hydrogens (tertiary/aromatic N) is 2. The summed E-state index contributed by atoms with van der Waals surface area (Å²) >= 11 is 1.44. The highest BCUT2D eigenvalue weighted by molar-refractivity contribution is 7.99. The number of aryl methyl sites for hydroxylation is 2. The van der Waals surface area contributed by atoms with Crippen molar-refractivity contribution in [1.82, 2.24) is 4.98 Å². The predicted octanol–water partition coefficient (Wildman–Crippen LogP) is 7.33. The summed E-state index contributed by atoms with van der Waals surface area (Å²) < 4.78 is 0. The molecule has 0 aliphatic carbocycles. The largest absolute Gasteiger partial charge is 0.326 e. The Morgan fingerprint density at radius 3 is 2.40 bits per heavy atom. The van der Waals surface area contributed by atoms with Crippen LogP contribution in [0.3, 0.4) is 0 Å². The van der Waals surface area contributed by atoms with Crippen LogP contribution in [0.2, 0.25) is 0 Å². The third-order valence-electron chi connectivity index (χ3n) is 5.98. The van der Waals surface area contributed by atoms with Gasteiger partial charge in [-0.05, 0) is 49.6 Å². The summed E-state index contributed by atoms with van der Waals surface area (Å²) in [7, 11) is 0. The molecule has 0 fully saturated rings. The Balaban J connectivity index is 1.60. The molecule has 0 saturated heterocycles. The summed E-state index contributed by atoms with van der Waals surface area (Å²) in [5.41, 5.74) is 8.36. The van der Waals surface area contributed by atoms with Gasteiger partial charge in [-0.25, -0.2) is 4.98 Å². The molecule has 3 aromatic carbocycles. The van der Waals surface area contributed by atoms with Crippen LogP contribution in [0.5, 0.6) is 0 Å². The Kier molecular flexibility index (Phi) is 7.64. The topological polar surface area (TPSA) is 65.8 Å². The van der Waals surface area contributed by atoms with Crippen LogP contribution in [0.15, 0.2) is 83.9 Å². The lowest BCUT2D eigenvalue weighted by Crippen LogP contribution is -2.13. The van der Waals surface area contributed by atoms with E-state index in [0.29, 0.717) is 22.8 Å². The number of carbonyl (C=O) groups excluding carboxylic acids is 1. The minimum absolute atomic E-state index is 0.0531. The summed E-state index contributed by atoms with van der Waals surface area (Å²) in [5, 5.41) is 13.7. The first-order valence-electron chi connectivity index (χ1n) is 11.5. The summed E-state index contributed by atoms with van der Waals surface area (Å²) in [4.78, 5) is 17.5. The highest BCUT2D eigenvalue weighted by Gasteiger charge is 2.16. The van der Waals surface area contributed by atoms with E-state index in [1.807, 2.05) is 99.6 Å². The molecule has 1 aromatic heterocycles. The van der Waals surface area contributed by atoms with Gasteiger partial charge in [-0.1, -0.05) is 72.3 Å². The number of rotatable bonds is 7. The molecule has 1 amide bonds. The molecule has 0 aliphatic heterocycles. The molecule has 1 N–H and O–H groups in total. The maximum Gasteiger partial charge on any atom is 0.225 e. The van der Waals surface area contributed by atoms with Gasteiger partial charge >= 0.3 is 0 Å². The number of benzene rings is 3. The van der Waals surface area contributed by atoms with Gasteiger partial charge in [0.05, 0.1) is 11.3 Å². The normalized spacial score (nSPS) is 10.6. The van der Waals surface area contributed by atoms with E-state index in [0.717, 1.165) is 44.8 Å². The van der Waals surface area contributed by atoms with Crippen LogP contribution in [-0.4, -0.2) is 16.6 Å². The first-order valence-corrected chi connectivity index (χ1v) is 12.5. The van der Waals surface area contributed by atoms with Crippen LogP contribution in [0.4, 0.5) is 5.69 Å². The summed E-state index contributed by atoms with van der Waals surface area (Å²) in [6, 6.07) is 28.3. The van der Waals surface area contributed by atoms with Crippen molar-refractivity contribution in [3.05, 3.63) is 101 Å². The van der Waals surface area contributed by atoms with E-state index in [1.54, 1.807) is 0 Å². The van der Waals surface area contributed by atoms with Crippen molar-refractivity contribution in [2.75, 3.05) is 11.1 Å². The minimum atomic E-state index is -0.0531. The van der Waals surface area contributed by atoms with Gasteiger partial charge in [0, 0.05) is 29.0 Å². The van der Waals surface area contributed by atoms with Crippen molar-refractivity contribution in [1.29, 1.82) is 5.26 Å². The second-order valence-electron chi connectivity index (χ2n) is 8.47. The monoisotopic (exact) mass is 477 g/mol. The average Bonchev–Trinajstić information content (AvgIpc) is 2.87. The number of hydrogen-bond donors (Lipinski definition) is 1. The van der Waals surface area contributed by atoms with Crippen LogP contribution in [0.1, 0.15) is 28.7 Å². The van der Waals surface area contributed by atoms with E-state index in [2.05, 4.69) is 11.4 Å². The second-order valence-corrected chi connectivity index (χ2v) is 9.56. The Labute approximate surface area is 211 Å². The summed E-state index contributed by atoms with van der Waals surface area (Å²) in [6.07, 6.45) is 0.319. The van der Waals surface area contributed by atoms with Crippen molar-refractivity contribution in [2.24, 2.45) is 0 Å². The van der Waals surface area contributed by atoms with Gasteiger partial charge in [0.2, 0.25) is 5.91 Å². The highest BCUT2D eigenvalue weighted by atomic mass is 32.2. The fourth-order valence-electron chi connectivity index (χ4n) is 3.79. The zero-order chi connectivity index (χ0) is 24.8. The predicted molar refractivity (Wildman–Crippen MR) is 144 cm³/mol. The molecule has 4 nitrogen and oxygen atoms in total. The number of pyridine rings is 1. The lowest BCUT2D eigenvalue weighted by Gasteiger charge is -2.13. The molecule has 174 valence electrons. The maximum absolute atomic E-state index is 12.6. The summed E-state index contributed by atoms with van der Waals surface area (Å²) in [6.45, 7) is 6.08. The van der Waals surface area contributed by atoms with Crippen LogP contribution in [0.25, 0.3) is 22.4 Å². The molecule has 0 radical (unpaired) electrons. The molecule has 4 rings (SSSR count). The second kappa shape index (κ2) is 11.0. The van der Waals surface area contributed by atoms with Crippen LogP contribution in [0, 0.1) is 32.1 Å². The van der Waals surface area contributed by atoms with E-state index < -0.39 is 0 Å². The SMILES string of the molecule is Cc1ccc(-c2cc(-c3ccccc3)nc(SCCC(=O)Nc3cccc(C)c3C)c2C#N)cc1. The van der Waals surface area contributed by atoms with Crippen molar-refractivity contribution >= 4 is 23.4 Å². The smallest absolute Gasteiger partial charge is 0.225 e. The number of hydrogen-bond acceptors (Lipinski definition) is 4. The van der Waals surface area contributed by atoms with Gasteiger partial charge in [-0.15, -0.1) is 11.8 Å². The van der Waals surface area contributed by atoms with E-state index in [-0.39, 0.29) is 5.91 Å². The first-order chi connectivity index (χ1) is 17.0. The van der Waals surface area contributed by atoms with Crippen LogP contribution >= 0.6 is 11.8 Å². The molecule has 0 aliphatic rings. The number of anilines is 1. The van der Waals surface area contributed by atoms with Gasteiger partial charge in [0.15, 0.2) is 0 Å². The number of nitriles is 1. The third kappa shape index (κ3) is 5.79. The molecule has 4 aromatic rings. The van der Waals surface area contributed by atoms with Crippen molar-refractivity contribution in [2.45, 2.75) is 32.2 Å². The quantitative estimate of drug-likeness (QED) is 0.283. The van der Waals surface area contributed by atoms with E-state index >= 15 is 0 Å². The number of carbonyl (C=O) groups is 1. The fraction of sp³-hybridized carbons (Fsp3) is 0.167. The fourth-order valence-corrected chi connectivity index (χ4v) is 4.74. The Morgan fingerprint density at radius 2 is 1.69 bits per heavy atom. The molecular formula is C30H27N3OS. The molecule has 35 heavy (non-hydrogen) atoms. The van der Waals surface area contributed by atoms with E-state index in [4.69, 9.17) is 4.98 Å². The Bertz CT molecular complexity index is 1390. The molecule has 1 heterocycles.